The summed E-state index contributed by atoms with van der Waals surface area (Å²) in [5, 5.41) is 1.11. The van der Waals surface area contributed by atoms with E-state index in [1.165, 1.54) is 0 Å². The van der Waals surface area contributed by atoms with Gasteiger partial charge in [0.05, 0.1) is 11.5 Å². The highest BCUT2D eigenvalue weighted by Gasteiger charge is 2.15. The van der Waals surface area contributed by atoms with Gasteiger partial charge in [-0.05, 0) is 55.0 Å². The van der Waals surface area contributed by atoms with Crippen molar-refractivity contribution in [2.24, 2.45) is 0 Å². The van der Waals surface area contributed by atoms with Gasteiger partial charge in [-0.1, -0.05) is 37.3 Å². The molecule has 1 heterocycles. The third kappa shape index (κ3) is 5.49. The maximum absolute atomic E-state index is 12.6. The number of H-pyrrole nitrogens is 1. The van der Waals surface area contributed by atoms with Crippen molar-refractivity contribution in [1.29, 1.82) is 0 Å². The third-order valence-electron chi connectivity index (χ3n) is 5.21. The Balaban J connectivity index is 1.56. The lowest BCUT2D eigenvalue weighted by molar-refractivity contribution is -0.143. The van der Waals surface area contributed by atoms with Crippen molar-refractivity contribution in [3.63, 3.8) is 0 Å². The van der Waals surface area contributed by atoms with Gasteiger partial charge in [0, 0.05) is 30.1 Å². The van der Waals surface area contributed by atoms with Crippen molar-refractivity contribution in [2.75, 3.05) is 13.2 Å². The molecule has 0 saturated carbocycles. The van der Waals surface area contributed by atoms with Crippen LogP contribution in [-0.2, 0) is 26.0 Å². The van der Waals surface area contributed by atoms with Crippen LogP contribution in [0.5, 0.6) is 0 Å². The van der Waals surface area contributed by atoms with Gasteiger partial charge in [-0.25, -0.2) is 13.1 Å². The van der Waals surface area contributed by atoms with Crippen molar-refractivity contribution >= 4 is 26.9 Å². The number of aromatic amines is 1. The van der Waals surface area contributed by atoms with Crippen LogP contribution >= 0.6 is 0 Å². The Hall–Kier alpha value is -2.64. The van der Waals surface area contributed by atoms with E-state index in [4.69, 9.17) is 4.74 Å². The van der Waals surface area contributed by atoms with E-state index in [0.29, 0.717) is 32.4 Å². The fourth-order valence-corrected chi connectivity index (χ4v) is 4.48. The average Bonchev–Trinajstić information content (AvgIpc) is 3.15. The molecule has 0 fully saturated rings. The molecule has 0 saturated heterocycles. The number of carbonyl (C=O) groups is 1. The Morgan fingerprint density at radius 1 is 1.13 bits per heavy atom. The molecule has 0 aliphatic rings. The van der Waals surface area contributed by atoms with E-state index in [2.05, 4.69) is 9.71 Å². The van der Waals surface area contributed by atoms with Gasteiger partial charge in [0.2, 0.25) is 10.0 Å². The van der Waals surface area contributed by atoms with Gasteiger partial charge in [-0.2, -0.15) is 0 Å². The van der Waals surface area contributed by atoms with Gasteiger partial charge in [-0.3, -0.25) is 4.79 Å². The lowest BCUT2D eigenvalue weighted by Gasteiger charge is -2.12. The zero-order valence-corrected chi connectivity index (χ0v) is 18.2. The van der Waals surface area contributed by atoms with Crippen molar-refractivity contribution in [2.45, 2.75) is 43.9 Å². The molecule has 0 bridgehead atoms. The molecule has 160 valence electrons. The first-order chi connectivity index (χ1) is 14.4. The van der Waals surface area contributed by atoms with Crippen molar-refractivity contribution in [1.82, 2.24) is 9.71 Å². The average molecular weight is 429 g/mol. The van der Waals surface area contributed by atoms with Gasteiger partial charge in [-0.15, -0.1) is 0 Å². The van der Waals surface area contributed by atoms with Crippen LogP contribution in [0.15, 0.2) is 59.6 Å². The summed E-state index contributed by atoms with van der Waals surface area (Å²) in [6.07, 6.45) is 3.54. The summed E-state index contributed by atoms with van der Waals surface area (Å²) in [7, 11) is -3.58. The predicted molar refractivity (Wildman–Crippen MR) is 118 cm³/mol. The summed E-state index contributed by atoms with van der Waals surface area (Å²) in [6.45, 7) is 4.51. The molecule has 3 rings (SSSR count). The molecule has 1 aromatic heterocycles. The zero-order valence-electron chi connectivity index (χ0n) is 17.4. The van der Waals surface area contributed by atoms with Gasteiger partial charge in [0.1, 0.15) is 0 Å². The highest BCUT2D eigenvalue weighted by molar-refractivity contribution is 7.89. The predicted octanol–water partition coefficient (Wildman–Crippen LogP) is 4.14. The van der Waals surface area contributed by atoms with Gasteiger partial charge >= 0.3 is 5.97 Å². The van der Waals surface area contributed by atoms with E-state index >= 15 is 0 Å². The number of hydrogen-bond acceptors (Lipinski definition) is 4. The minimum Gasteiger partial charge on any atom is -0.466 e. The first-order valence-corrected chi connectivity index (χ1v) is 11.7. The molecule has 0 spiro atoms. The Morgan fingerprint density at radius 2 is 1.87 bits per heavy atom. The van der Waals surface area contributed by atoms with E-state index in [0.717, 1.165) is 22.0 Å². The maximum Gasteiger partial charge on any atom is 0.305 e. The van der Waals surface area contributed by atoms with Crippen LogP contribution in [0.1, 0.15) is 43.7 Å². The Bertz CT molecular complexity index is 1090. The molecular weight excluding hydrogens is 400 g/mol. The van der Waals surface area contributed by atoms with E-state index in [-0.39, 0.29) is 16.8 Å². The maximum atomic E-state index is 12.6. The number of carbonyl (C=O) groups excluding carboxylic acids is 1. The molecular formula is C23H28N2O4S. The lowest BCUT2D eigenvalue weighted by Crippen LogP contribution is -2.26. The highest BCUT2D eigenvalue weighted by Crippen LogP contribution is 2.23. The molecule has 0 radical (unpaired) electrons. The first kappa shape index (κ1) is 22.1. The minimum absolute atomic E-state index is 0.140. The number of para-hydroxylation sites is 1. The van der Waals surface area contributed by atoms with Crippen LogP contribution in [0.25, 0.3) is 10.9 Å². The summed E-state index contributed by atoms with van der Waals surface area (Å²) < 4.78 is 32.9. The van der Waals surface area contributed by atoms with E-state index in [1.54, 1.807) is 19.1 Å². The van der Waals surface area contributed by atoms with E-state index in [9.17, 15) is 13.2 Å². The van der Waals surface area contributed by atoms with Crippen LogP contribution in [0.3, 0.4) is 0 Å². The van der Waals surface area contributed by atoms with Crippen molar-refractivity contribution in [3.05, 3.63) is 65.9 Å². The molecule has 0 amide bonds. The monoisotopic (exact) mass is 428 g/mol. The Kier molecular flexibility index (Phi) is 7.29. The van der Waals surface area contributed by atoms with Crippen LogP contribution in [0.4, 0.5) is 0 Å². The van der Waals surface area contributed by atoms with Gasteiger partial charge < -0.3 is 9.72 Å². The molecule has 3 aromatic rings. The number of aromatic nitrogens is 1. The number of benzene rings is 2. The topological polar surface area (TPSA) is 88.3 Å². The molecule has 2 N–H and O–H groups in total. The number of sulfonamides is 1. The summed E-state index contributed by atoms with van der Waals surface area (Å²) >= 11 is 0. The second-order valence-electron chi connectivity index (χ2n) is 7.32. The normalized spacial score (nSPS) is 12.7. The Morgan fingerprint density at radius 3 is 2.60 bits per heavy atom. The van der Waals surface area contributed by atoms with Crippen LogP contribution < -0.4 is 4.72 Å². The largest absolute Gasteiger partial charge is 0.466 e. The molecule has 30 heavy (non-hydrogen) atoms. The summed E-state index contributed by atoms with van der Waals surface area (Å²) in [6, 6.07) is 14.8. The quantitative estimate of drug-likeness (QED) is 0.475. The summed E-state index contributed by atoms with van der Waals surface area (Å²) in [4.78, 5) is 15.0. The SMILES string of the molecule is CCOC(=O)CC[C@@H](C)c1ccc(S(=O)(=O)NCCc2c[nH]c3ccccc23)cc1. The van der Waals surface area contributed by atoms with E-state index in [1.807, 2.05) is 49.5 Å². The van der Waals surface area contributed by atoms with E-state index < -0.39 is 10.0 Å². The Labute approximate surface area is 177 Å². The standard InChI is InChI=1S/C23H28N2O4S/c1-3-29-23(26)13-8-17(2)18-9-11-20(12-10-18)30(27,28)25-15-14-19-16-24-22-7-5-4-6-21(19)22/h4-7,9-12,16-17,24-25H,3,8,13-15H2,1-2H3/t17-/m1/s1. The number of fused-ring (bicyclic) bond motifs is 1. The summed E-state index contributed by atoms with van der Waals surface area (Å²) in [5.74, 6) is -0.0658. The van der Waals surface area contributed by atoms with Crippen LogP contribution in [-0.4, -0.2) is 32.5 Å². The number of rotatable bonds is 10. The van der Waals surface area contributed by atoms with Gasteiger partial charge in [0.25, 0.3) is 0 Å². The second kappa shape index (κ2) is 9.91. The fraction of sp³-hybridized carbons (Fsp3) is 0.348. The second-order valence-corrected chi connectivity index (χ2v) is 9.09. The zero-order chi connectivity index (χ0) is 21.6. The summed E-state index contributed by atoms with van der Waals surface area (Å²) in [5.41, 5.74) is 3.12. The fourth-order valence-electron chi connectivity index (χ4n) is 3.45. The highest BCUT2D eigenvalue weighted by atomic mass is 32.2. The van der Waals surface area contributed by atoms with Gasteiger partial charge in [0.15, 0.2) is 0 Å². The lowest BCUT2D eigenvalue weighted by atomic mass is 9.96. The first-order valence-electron chi connectivity index (χ1n) is 10.2. The smallest absolute Gasteiger partial charge is 0.305 e. The van der Waals surface area contributed by atoms with Crippen LogP contribution in [0.2, 0.25) is 0 Å². The molecule has 2 aromatic carbocycles. The molecule has 1 atom stereocenters. The molecule has 0 unspecified atom stereocenters. The number of ether oxygens (including phenoxy) is 1. The number of esters is 1. The van der Waals surface area contributed by atoms with Crippen LogP contribution in [0, 0.1) is 0 Å². The molecule has 0 aliphatic heterocycles. The molecule has 7 heteroatoms. The number of nitrogens with one attached hydrogen (secondary N) is 2. The molecule has 0 aliphatic carbocycles. The van der Waals surface area contributed by atoms with Crippen molar-refractivity contribution < 1.29 is 17.9 Å². The van der Waals surface area contributed by atoms with Crippen molar-refractivity contribution in [3.8, 4) is 0 Å². The number of hydrogen-bond donors (Lipinski definition) is 2. The minimum atomic E-state index is -3.58. The molecule has 6 nitrogen and oxygen atoms in total. The third-order valence-corrected chi connectivity index (χ3v) is 6.68.